The van der Waals surface area contributed by atoms with Gasteiger partial charge in [0.25, 0.3) is 0 Å². The van der Waals surface area contributed by atoms with Crippen LogP contribution in [0.15, 0.2) is 35.6 Å². The molecule has 0 unspecified atom stereocenters. The van der Waals surface area contributed by atoms with Crippen molar-refractivity contribution in [1.82, 2.24) is 19.7 Å². The molecule has 0 aliphatic heterocycles. The Kier molecular flexibility index (Phi) is 8.45. The Morgan fingerprint density at radius 2 is 2.03 bits per heavy atom. The molecule has 0 atom stereocenters. The maximum Gasteiger partial charge on any atom is 0.341 e. The number of methoxy groups -OCH3 is 1. The number of thioether (sulfide) groups is 1. The predicted octanol–water partition coefficient (Wildman–Crippen LogP) is 5.31. The number of carbonyl (C=O) groups is 2. The zero-order valence-electron chi connectivity index (χ0n) is 21.5. The average Bonchev–Trinajstić information content (AvgIpc) is 3.56. The van der Waals surface area contributed by atoms with Crippen LogP contribution in [0.25, 0.3) is 22.3 Å². The predicted molar refractivity (Wildman–Crippen MR) is 150 cm³/mol. The normalized spacial score (nSPS) is 13.3. The Hall–Kier alpha value is -3.15. The van der Waals surface area contributed by atoms with E-state index >= 15 is 0 Å². The van der Waals surface area contributed by atoms with Crippen molar-refractivity contribution >= 4 is 50.9 Å². The van der Waals surface area contributed by atoms with E-state index in [0.717, 1.165) is 54.1 Å². The highest BCUT2D eigenvalue weighted by molar-refractivity contribution is 7.99. The fourth-order valence-electron chi connectivity index (χ4n) is 4.78. The van der Waals surface area contributed by atoms with Gasteiger partial charge < -0.3 is 19.8 Å². The third-order valence-corrected chi connectivity index (χ3v) is 8.73. The van der Waals surface area contributed by atoms with E-state index < -0.39 is 0 Å². The van der Waals surface area contributed by atoms with E-state index in [0.29, 0.717) is 41.3 Å². The minimum atomic E-state index is -0.363. The Bertz CT molecular complexity index is 1440. The fourth-order valence-corrected chi connectivity index (χ4v) is 6.84. The lowest BCUT2D eigenvalue weighted by Crippen LogP contribution is -2.17. The van der Waals surface area contributed by atoms with Crippen LogP contribution in [0, 0.1) is 0 Å². The van der Waals surface area contributed by atoms with Gasteiger partial charge in [-0.1, -0.05) is 36.4 Å². The summed E-state index contributed by atoms with van der Waals surface area (Å²) in [6.45, 7) is 3.12. The molecule has 0 saturated heterocycles. The Morgan fingerprint density at radius 3 is 2.87 bits per heavy atom. The van der Waals surface area contributed by atoms with Crippen LogP contribution in [0.1, 0.15) is 47.0 Å². The summed E-state index contributed by atoms with van der Waals surface area (Å²) in [6, 6.07) is 8.03. The third kappa shape index (κ3) is 5.50. The lowest BCUT2D eigenvalue weighted by atomic mass is 10.1. The van der Waals surface area contributed by atoms with Gasteiger partial charge >= 0.3 is 5.97 Å². The van der Waals surface area contributed by atoms with Gasteiger partial charge in [0.2, 0.25) is 5.91 Å². The molecular weight excluding hydrogens is 522 g/mol. The highest BCUT2D eigenvalue weighted by Gasteiger charge is 2.27. The molecule has 2 N–H and O–H groups in total. The number of carbonyl (C=O) groups excluding carboxylic acids is 2. The van der Waals surface area contributed by atoms with Gasteiger partial charge in [0.15, 0.2) is 11.0 Å². The summed E-state index contributed by atoms with van der Waals surface area (Å²) < 4.78 is 12.6. The molecule has 4 aromatic rings. The zero-order chi connectivity index (χ0) is 26.5. The number of hydrogen-bond acceptors (Lipinski definition) is 8. The van der Waals surface area contributed by atoms with Crippen LogP contribution in [0.3, 0.4) is 0 Å². The number of esters is 1. The van der Waals surface area contributed by atoms with Crippen molar-refractivity contribution in [2.45, 2.75) is 50.7 Å². The first kappa shape index (κ1) is 26.5. The monoisotopic (exact) mass is 553 g/mol. The summed E-state index contributed by atoms with van der Waals surface area (Å²) >= 11 is 2.81. The van der Waals surface area contributed by atoms with Crippen LogP contribution in [-0.2, 0) is 33.7 Å². The van der Waals surface area contributed by atoms with Gasteiger partial charge in [0.1, 0.15) is 5.00 Å². The molecule has 9 nitrogen and oxygen atoms in total. The van der Waals surface area contributed by atoms with Crippen LogP contribution < -0.4 is 5.32 Å². The van der Waals surface area contributed by atoms with Crippen molar-refractivity contribution in [3.63, 3.8) is 0 Å². The number of aromatic nitrogens is 4. The maximum atomic E-state index is 13.1. The molecule has 5 rings (SSSR count). The van der Waals surface area contributed by atoms with Crippen LogP contribution in [0.4, 0.5) is 5.00 Å². The highest BCUT2D eigenvalue weighted by Crippen LogP contribution is 2.38. The van der Waals surface area contributed by atoms with Crippen molar-refractivity contribution in [3.05, 3.63) is 46.5 Å². The number of nitrogens with one attached hydrogen (secondary N) is 2. The van der Waals surface area contributed by atoms with Crippen LogP contribution in [0.5, 0.6) is 0 Å². The molecule has 11 heteroatoms. The highest BCUT2D eigenvalue weighted by atomic mass is 32.2. The summed E-state index contributed by atoms with van der Waals surface area (Å²) in [6.07, 6.45) is 6.97. The van der Waals surface area contributed by atoms with Crippen molar-refractivity contribution in [2.75, 3.05) is 31.4 Å². The van der Waals surface area contributed by atoms with Crippen LogP contribution in [0.2, 0.25) is 0 Å². The molecule has 0 radical (unpaired) electrons. The number of amides is 1. The van der Waals surface area contributed by atoms with Gasteiger partial charge in [-0.25, -0.2) is 4.79 Å². The van der Waals surface area contributed by atoms with E-state index in [-0.39, 0.29) is 17.6 Å². The number of rotatable bonds is 10. The number of H-pyrrole nitrogens is 1. The molecule has 0 fully saturated rings. The smallest absolute Gasteiger partial charge is 0.341 e. The first-order valence-electron chi connectivity index (χ1n) is 12.8. The topological polar surface area (TPSA) is 111 Å². The zero-order valence-corrected chi connectivity index (χ0v) is 23.2. The van der Waals surface area contributed by atoms with E-state index in [9.17, 15) is 9.59 Å². The lowest BCUT2D eigenvalue weighted by Gasteiger charge is -2.10. The minimum absolute atomic E-state index is 0.129. The van der Waals surface area contributed by atoms with Gasteiger partial charge in [-0.2, -0.15) is 0 Å². The number of aromatic amines is 1. The van der Waals surface area contributed by atoms with Crippen molar-refractivity contribution in [2.24, 2.45) is 0 Å². The van der Waals surface area contributed by atoms with Gasteiger partial charge in [-0.15, -0.1) is 21.5 Å². The SMILES string of the molecule is CCOC(=O)c1c(NC(=O)CSc2nnc(-c3c[nH]c4ccccc34)n2CCOC)sc2c1CCCCC2. The molecule has 1 aromatic carbocycles. The molecule has 0 spiro atoms. The number of para-hydroxylation sites is 1. The van der Waals surface area contributed by atoms with Gasteiger partial charge in [0.05, 0.1) is 31.1 Å². The number of nitrogens with zero attached hydrogens (tertiary/aromatic N) is 3. The second-order valence-electron chi connectivity index (χ2n) is 9.02. The second-order valence-corrected chi connectivity index (χ2v) is 11.1. The second kappa shape index (κ2) is 12.1. The van der Waals surface area contributed by atoms with Crippen molar-refractivity contribution < 1.29 is 19.1 Å². The standard InChI is InChI=1S/C27H31N5O4S2/c1-3-36-26(34)23-18-10-5-4-6-12-21(18)38-25(23)29-22(33)16-37-27-31-30-24(32(27)13-14-35-2)19-15-28-20-11-8-7-9-17(19)20/h7-9,11,15,28H,3-6,10,12-14,16H2,1-2H3,(H,29,33). The molecule has 3 aromatic heterocycles. The molecule has 3 heterocycles. The molecule has 0 bridgehead atoms. The maximum absolute atomic E-state index is 13.1. The summed E-state index contributed by atoms with van der Waals surface area (Å²) in [4.78, 5) is 30.3. The van der Waals surface area contributed by atoms with E-state index in [4.69, 9.17) is 9.47 Å². The number of ether oxygens (including phenoxy) is 2. The van der Waals surface area contributed by atoms with E-state index in [2.05, 4.69) is 20.5 Å². The van der Waals surface area contributed by atoms with Crippen LogP contribution >= 0.6 is 23.1 Å². The molecule has 38 heavy (non-hydrogen) atoms. The number of hydrogen-bond donors (Lipinski definition) is 2. The van der Waals surface area contributed by atoms with Gasteiger partial charge in [0, 0.05) is 34.7 Å². The Labute approximate surface area is 229 Å². The van der Waals surface area contributed by atoms with E-state index in [1.165, 1.54) is 28.0 Å². The summed E-state index contributed by atoms with van der Waals surface area (Å²) in [5.74, 6) is 0.280. The number of benzene rings is 1. The fraction of sp³-hybridized carbons (Fsp3) is 0.407. The number of anilines is 1. The summed E-state index contributed by atoms with van der Waals surface area (Å²) in [5.41, 5.74) is 3.53. The number of thiophene rings is 1. The molecule has 0 saturated carbocycles. The largest absolute Gasteiger partial charge is 0.462 e. The molecule has 200 valence electrons. The molecule has 1 aliphatic carbocycles. The van der Waals surface area contributed by atoms with E-state index in [1.54, 1.807) is 14.0 Å². The van der Waals surface area contributed by atoms with Crippen molar-refractivity contribution in [3.8, 4) is 11.4 Å². The number of aryl methyl sites for hydroxylation is 1. The van der Waals surface area contributed by atoms with Crippen LogP contribution in [-0.4, -0.2) is 57.7 Å². The molecular formula is C27H31N5O4S2. The van der Waals surface area contributed by atoms with Gasteiger partial charge in [-0.05, 0) is 44.2 Å². The lowest BCUT2D eigenvalue weighted by molar-refractivity contribution is -0.113. The Morgan fingerprint density at radius 1 is 1.18 bits per heavy atom. The summed E-state index contributed by atoms with van der Waals surface area (Å²) in [5, 5.41) is 14.1. The van der Waals surface area contributed by atoms with Gasteiger partial charge in [-0.3, -0.25) is 9.36 Å². The quantitative estimate of drug-likeness (QED) is 0.156. The van der Waals surface area contributed by atoms with E-state index in [1.807, 2.05) is 35.0 Å². The summed E-state index contributed by atoms with van der Waals surface area (Å²) in [7, 11) is 1.65. The third-order valence-electron chi connectivity index (χ3n) is 6.55. The Balaban J connectivity index is 1.35. The first-order chi connectivity index (χ1) is 18.6. The molecule has 1 aliphatic rings. The first-order valence-corrected chi connectivity index (χ1v) is 14.6. The minimum Gasteiger partial charge on any atom is -0.462 e. The molecule has 1 amide bonds. The van der Waals surface area contributed by atoms with Crippen molar-refractivity contribution in [1.29, 1.82) is 0 Å². The average molecular weight is 554 g/mol. The number of fused-ring (bicyclic) bond motifs is 2.